The molecule has 4 amide bonds. The molecule has 0 aliphatic carbocycles. The molecule has 38 heavy (non-hydrogen) atoms. The van der Waals surface area contributed by atoms with Crippen molar-refractivity contribution < 1.29 is 19.2 Å². The van der Waals surface area contributed by atoms with Gasteiger partial charge >= 0.3 is 0 Å². The molecule has 8 nitrogen and oxygen atoms in total. The zero-order valence-corrected chi connectivity index (χ0v) is 22.4. The van der Waals surface area contributed by atoms with E-state index in [1.807, 2.05) is 58.0 Å². The Morgan fingerprint density at radius 1 is 1.08 bits per heavy atom. The molecule has 5 rings (SSSR count). The van der Waals surface area contributed by atoms with Gasteiger partial charge < -0.3 is 15.5 Å². The summed E-state index contributed by atoms with van der Waals surface area (Å²) in [4.78, 5) is 58.2. The van der Waals surface area contributed by atoms with Crippen LogP contribution in [0.25, 0.3) is 0 Å². The van der Waals surface area contributed by atoms with Crippen LogP contribution in [0.1, 0.15) is 57.0 Å². The second-order valence-electron chi connectivity index (χ2n) is 11.4. The molecule has 0 radical (unpaired) electrons. The Kier molecular flexibility index (Phi) is 5.97. The summed E-state index contributed by atoms with van der Waals surface area (Å²) in [5.74, 6) is -1.63. The molecule has 0 spiro atoms. The minimum Gasteiger partial charge on any atom is -0.342 e. The second kappa shape index (κ2) is 8.82. The van der Waals surface area contributed by atoms with Gasteiger partial charge in [-0.3, -0.25) is 24.1 Å². The first-order chi connectivity index (χ1) is 18.0. The molecule has 3 aliphatic heterocycles. The number of nitrogens with one attached hydrogen (secondary N) is 2. The number of hydrogen-bond donors (Lipinski definition) is 2. The summed E-state index contributed by atoms with van der Waals surface area (Å²) in [5, 5.41) is 5.78. The van der Waals surface area contributed by atoms with Gasteiger partial charge in [-0.05, 0) is 41.5 Å². The topological polar surface area (TPSA) is 98.8 Å². The maximum atomic E-state index is 14.5. The maximum absolute atomic E-state index is 14.5. The number of carbonyl (C=O) groups excluding carboxylic acids is 4. The van der Waals surface area contributed by atoms with Gasteiger partial charge in [0.25, 0.3) is 5.91 Å². The van der Waals surface area contributed by atoms with Crippen LogP contribution in [0.2, 0.25) is 0 Å². The van der Waals surface area contributed by atoms with Crippen molar-refractivity contribution in [3.05, 3.63) is 72.3 Å². The van der Waals surface area contributed by atoms with Gasteiger partial charge in [0.05, 0.1) is 11.3 Å². The van der Waals surface area contributed by atoms with E-state index < -0.39 is 40.9 Å². The Hall–Kier alpha value is -3.94. The lowest BCUT2D eigenvalue weighted by molar-refractivity contribution is -0.130. The smallest absolute Gasteiger partial charge is 0.258 e. The lowest BCUT2D eigenvalue weighted by Gasteiger charge is -2.45. The zero-order valence-electron chi connectivity index (χ0n) is 22.4. The van der Waals surface area contributed by atoms with Gasteiger partial charge in [0.2, 0.25) is 17.7 Å². The van der Waals surface area contributed by atoms with E-state index in [-0.39, 0.29) is 29.7 Å². The highest BCUT2D eigenvalue weighted by Gasteiger charge is 2.68. The maximum Gasteiger partial charge on any atom is 0.258 e. The zero-order chi connectivity index (χ0) is 27.6. The predicted octanol–water partition coefficient (Wildman–Crippen LogP) is 3.84. The fourth-order valence-corrected chi connectivity index (χ4v) is 6.55. The third-order valence-corrected chi connectivity index (χ3v) is 8.64. The summed E-state index contributed by atoms with van der Waals surface area (Å²) < 4.78 is 0. The predicted molar refractivity (Wildman–Crippen MR) is 145 cm³/mol. The first-order valence-corrected chi connectivity index (χ1v) is 13.0. The van der Waals surface area contributed by atoms with Gasteiger partial charge in [-0.2, -0.15) is 0 Å². The molecule has 3 aliphatic rings. The third kappa shape index (κ3) is 3.42. The Bertz CT molecular complexity index is 1370. The van der Waals surface area contributed by atoms with E-state index in [9.17, 15) is 19.2 Å². The molecule has 0 unspecified atom stereocenters. The van der Waals surface area contributed by atoms with Gasteiger partial charge in [0, 0.05) is 18.0 Å². The fraction of sp³-hybridized carbons (Fsp3) is 0.400. The van der Waals surface area contributed by atoms with E-state index in [1.165, 1.54) is 6.92 Å². The molecular weight excluding hydrogens is 480 g/mol. The first kappa shape index (κ1) is 25.7. The lowest BCUT2D eigenvalue weighted by atomic mass is 9.60. The molecule has 8 heteroatoms. The monoisotopic (exact) mass is 514 g/mol. The fourth-order valence-electron chi connectivity index (χ4n) is 6.55. The van der Waals surface area contributed by atoms with Crippen LogP contribution in [-0.2, 0) is 19.8 Å². The molecule has 2 aromatic carbocycles. The average Bonchev–Trinajstić information content (AvgIpc) is 3.38. The Balaban J connectivity index is 1.81. The summed E-state index contributed by atoms with van der Waals surface area (Å²) in [7, 11) is 0. The van der Waals surface area contributed by atoms with Gasteiger partial charge in [-0.25, -0.2) is 0 Å². The number of allylic oxidation sites excluding steroid dienone is 1. The van der Waals surface area contributed by atoms with Crippen molar-refractivity contribution in [3.63, 3.8) is 0 Å². The molecule has 0 aromatic heterocycles. The summed E-state index contributed by atoms with van der Waals surface area (Å²) in [6.45, 7) is 13.4. The molecule has 0 saturated carbocycles. The van der Waals surface area contributed by atoms with Crippen LogP contribution in [0.4, 0.5) is 11.4 Å². The molecule has 1 saturated heterocycles. The number of para-hydroxylation sites is 2. The first-order valence-electron chi connectivity index (χ1n) is 13.0. The van der Waals surface area contributed by atoms with E-state index >= 15 is 0 Å². The van der Waals surface area contributed by atoms with Crippen LogP contribution in [0, 0.1) is 11.3 Å². The molecular formula is C30H34N4O4. The highest BCUT2D eigenvalue weighted by Crippen LogP contribution is 2.62. The third-order valence-electron chi connectivity index (χ3n) is 8.64. The average molecular weight is 515 g/mol. The van der Waals surface area contributed by atoms with E-state index in [1.54, 1.807) is 34.1 Å². The standard InChI is InChI=1S/C30H34N4O4/c1-7-29(5,6)30-16-23-25(36)32-24(17(2)3)26(37)31-21-14-10-8-12-19(21)27(38)34(23)28(30)33(18(4)35)22-15-11-9-13-20(22)30/h7-15,17,23-24,28H,1,16H2,2-6H3,(H,31,37)(H,32,36)/t23-,24+,28-,30+/m1/s1. The number of nitrogens with zero attached hydrogens (tertiary/aromatic N) is 2. The number of benzene rings is 2. The van der Waals surface area contributed by atoms with Crippen LogP contribution >= 0.6 is 0 Å². The van der Waals surface area contributed by atoms with E-state index in [0.717, 1.165) is 11.3 Å². The summed E-state index contributed by atoms with van der Waals surface area (Å²) >= 11 is 0. The van der Waals surface area contributed by atoms with Crippen molar-refractivity contribution in [1.82, 2.24) is 10.2 Å². The number of hydrogen-bond acceptors (Lipinski definition) is 4. The van der Waals surface area contributed by atoms with Crippen LogP contribution in [0.3, 0.4) is 0 Å². The Morgan fingerprint density at radius 2 is 1.74 bits per heavy atom. The van der Waals surface area contributed by atoms with E-state index in [0.29, 0.717) is 5.69 Å². The summed E-state index contributed by atoms with van der Waals surface area (Å²) in [6, 6.07) is 12.8. The van der Waals surface area contributed by atoms with Crippen molar-refractivity contribution in [2.45, 2.75) is 64.7 Å². The van der Waals surface area contributed by atoms with Crippen LogP contribution in [0.15, 0.2) is 61.2 Å². The second-order valence-corrected chi connectivity index (χ2v) is 11.4. The quantitative estimate of drug-likeness (QED) is 0.608. The van der Waals surface area contributed by atoms with Crippen LogP contribution < -0.4 is 15.5 Å². The Labute approximate surface area is 223 Å². The van der Waals surface area contributed by atoms with Gasteiger partial charge in [0.1, 0.15) is 18.2 Å². The summed E-state index contributed by atoms with van der Waals surface area (Å²) in [5.41, 5.74) is 0.837. The van der Waals surface area contributed by atoms with Crippen molar-refractivity contribution in [3.8, 4) is 0 Å². The normalized spacial score (nSPS) is 26.7. The lowest BCUT2D eigenvalue weighted by Crippen LogP contribution is -2.60. The molecule has 2 aromatic rings. The van der Waals surface area contributed by atoms with Gasteiger partial charge in [0.15, 0.2) is 0 Å². The number of rotatable bonds is 3. The van der Waals surface area contributed by atoms with Crippen molar-refractivity contribution in [2.24, 2.45) is 11.3 Å². The molecule has 3 heterocycles. The van der Waals surface area contributed by atoms with Crippen LogP contribution in [0.5, 0.6) is 0 Å². The van der Waals surface area contributed by atoms with Gasteiger partial charge in [-0.1, -0.05) is 64.1 Å². The van der Waals surface area contributed by atoms with Crippen molar-refractivity contribution in [1.29, 1.82) is 0 Å². The minimum atomic E-state index is -0.915. The molecule has 4 atom stereocenters. The Morgan fingerprint density at radius 3 is 2.39 bits per heavy atom. The summed E-state index contributed by atoms with van der Waals surface area (Å²) in [6.07, 6.45) is 1.34. The van der Waals surface area contributed by atoms with Crippen molar-refractivity contribution >= 4 is 35.0 Å². The highest BCUT2D eigenvalue weighted by atomic mass is 16.2. The van der Waals surface area contributed by atoms with Gasteiger partial charge in [-0.15, -0.1) is 6.58 Å². The molecule has 0 bridgehead atoms. The number of anilines is 2. The number of fused-ring (bicyclic) bond motifs is 6. The van der Waals surface area contributed by atoms with E-state index in [2.05, 4.69) is 17.2 Å². The molecule has 2 N–H and O–H groups in total. The largest absolute Gasteiger partial charge is 0.342 e. The number of amides is 4. The van der Waals surface area contributed by atoms with Crippen LogP contribution in [-0.4, -0.2) is 46.8 Å². The SMILES string of the molecule is C=CC(C)(C)[C@]12C[C@@H]3C(=O)N[C@@H](C(C)C)C(=O)Nc4ccccc4C(=O)N3[C@H]1N(C(C)=O)c1ccccc12. The minimum absolute atomic E-state index is 0.191. The molecule has 198 valence electrons. The van der Waals surface area contributed by atoms with E-state index in [4.69, 9.17) is 0 Å². The highest BCUT2D eigenvalue weighted by molar-refractivity contribution is 6.09. The number of carbonyl (C=O) groups is 4. The molecule has 1 fully saturated rings. The van der Waals surface area contributed by atoms with Crippen molar-refractivity contribution in [2.75, 3.05) is 10.2 Å².